The van der Waals surface area contributed by atoms with Gasteiger partial charge in [0.2, 0.25) is 0 Å². The minimum Gasteiger partial charge on any atom is -0.494 e. The van der Waals surface area contributed by atoms with Crippen molar-refractivity contribution in [1.29, 1.82) is 0 Å². The first kappa shape index (κ1) is 15.9. The van der Waals surface area contributed by atoms with Crippen LogP contribution in [0.25, 0.3) is 0 Å². The van der Waals surface area contributed by atoms with Crippen molar-refractivity contribution in [3.63, 3.8) is 0 Å². The van der Waals surface area contributed by atoms with E-state index in [4.69, 9.17) is 10.5 Å². The van der Waals surface area contributed by atoms with Crippen molar-refractivity contribution in [2.24, 2.45) is 5.73 Å². The molecule has 0 amide bonds. The zero-order chi connectivity index (χ0) is 15.6. The van der Waals surface area contributed by atoms with E-state index in [1.807, 2.05) is 0 Å². The quantitative estimate of drug-likeness (QED) is 0.833. The van der Waals surface area contributed by atoms with Gasteiger partial charge in [0.1, 0.15) is 11.6 Å². The summed E-state index contributed by atoms with van der Waals surface area (Å²) < 4.78 is 46.2. The number of hydrogen-bond acceptors (Lipinski definition) is 2. The Kier molecular flexibility index (Phi) is 4.90. The highest BCUT2D eigenvalue weighted by Crippen LogP contribution is 2.27. The van der Waals surface area contributed by atoms with Gasteiger partial charge in [-0.15, -0.1) is 0 Å². The fourth-order valence-electron chi connectivity index (χ4n) is 2.01. The molecule has 2 nitrogen and oxygen atoms in total. The van der Waals surface area contributed by atoms with Gasteiger partial charge in [-0.05, 0) is 52.2 Å². The van der Waals surface area contributed by atoms with Crippen LogP contribution in [-0.2, 0) is 6.42 Å². The third kappa shape index (κ3) is 3.39. The Morgan fingerprint density at radius 3 is 2.48 bits per heavy atom. The molecule has 112 valence electrons. The van der Waals surface area contributed by atoms with E-state index in [0.717, 1.165) is 6.07 Å². The van der Waals surface area contributed by atoms with E-state index in [1.54, 1.807) is 6.07 Å². The van der Waals surface area contributed by atoms with Crippen molar-refractivity contribution in [2.75, 3.05) is 7.11 Å². The maximum atomic E-state index is 13.9. The molecule has 2 aromatic carbocycles. The van der Waals surface area contributed by atoms with E-state index in [2.05, 4.69) is 15.9 Å². The fraction of sp³-hybridized carbons (Fsp3) is 0.200. The molecule has 1 unspecified atom stereocenters. The Morgan fingerprint density at radius 2 is 1.86 bits per heavy atom. The van der Waals surface area contributed by atoms with Crippen LogP contribution in [-0.4, -0.2) is 7.11 Å². The molecular weight excluding hydrogens is 347 g/mol. The third-order valence-corrected chi connectivity index (χ3v) is 3.78. The van der Waals surface area contributed by atoms with Gasteiger partial charge in [0.25, 0.3) is 0 Å². The van der Waals surface area contributed by atoms with Gasteiger partial charge in [-0.2, -0.15) is 0 Å². The number of hydrogen-bond donors (Lipinski definition) is 1. The lowest BCUT2D eigenvalue weighted by molar-refractivity contribution is 0.386. The van der Waals surface area contributed by atoms with Crippen LogP contribution in [0.2, 0.25) is 0 Å². The molecule has 0 aliphatic heterocycles. The van der Waals surface area contributed by atoms with Crippen molar-refractivity contribution in [2.45, 2.75) is 12.5 Å². The molecule has 2 aromatic rings. The molecule has 0 spiro atoms. The average molecular weight is 360 g/mol. The van der Waals surface area contributed by atoms with Crippen LogP contribution in [0.15, 0.2) is 34.8 Å². The molecule has 0 saturated carbocycles. The molecule has 0 saturated heterocycles. The van der Waals surface area contributed by atoms with Gasteiger partial charge < -0.3 is 10.5 Å². The van der Waals surface area contributed by atoms with Crippen molar-refractivity contribution in [3.05, 3.63) is 63.4 Å². The van der Waals surface area contributed by atoms with Crippen molar-refractivity contribution >= 4 is 15.9 Å². The van der Waals surface area contributed by atoms with Crippen LogP contribution in [0.3, 0.4) is 0 Å². The highest BCUT2D eigenvalue weighted by molar-refractivity contribution is 9.10. The van der Waals surface area contributed by atoms with Crippen LogP contribution in [0.1, 0.15) is 17.2 Å². The highest BCUT2D eigenvalue weighted by Gasteiger charge is 2.17. The number of benzene rings is 2. The second-order valence-corrected chi connectivity index (χ2v) is 5.38. The van der Waals surface area contributed by atoms with E-state index >= 15 is 0 Å². The highest BCUT2D eigenvalue weighted by atomic mass is 79.9. The first-order valence-electron chi connectivity index (χ1n) is 6.15. The molecule has 0 bridgehead atoms. The lowest BCUT2D eigenvalue weighted by Crippen LogP contribution is -2.15. The number of methoxy groups -OCH3 is 1. The summed E-state index contributed by atoms with van der Waals surface area (Å²) in [6.07, 6.45) is -0.0805. The maximum absolute atomic E-state index is 13.9. The molecule has 6 heteroatoms. The molecule has 21 heavy (non-hydrogen) atoms. The molecular formula is C15H13BrF3NO. The smallest absolute Gasteiger partial charge is 0.165 e. The summed E-state index contributed by atoms with van der Waals surface area (Å²) in [5, 5.41) is 0. The van der Waals surface area contributed by atoms with Gasteiger partial charge in [0, 0.05) is 11.6 Å². The molecule has 0 aliphatic carbocycles. The zero-order valence-electron chi connectivity index (χ0n) is 11.2. The number of ether oxygens (including phenoxy) is 1. The lowest BCUT2D eigenvalue weighted by atomic mass is 9.98. The monoisotopic (exact) mass is 359 g/mol. The maximum Gasteiger partial charge on any atom is 0.165 e. The van der Waals surface area contributed by atoms with E-state index in [0.29, 0.717) is 5.56 Å². The van der Waals surface area contributed by atoms with Crippen LogP contribution in [0, 0.1) is 17.5 Å². The largest absolute Gasteiger partial charge is 0.494 e. The second kappa shape index (κ2) is 6.49. The average Bonchev–Trinajstić information content (AvgIpc) is 2.47. The van der Waals surface area contributed by atoms with E-state index < -0.39 is 23.5 Å². The van der Waals surface area contributed by atoms with Gasteiger partial charge in [-0.1, -0.05) is 6.07 Å². The second-order valence-electron chi connectivity index (χ2n) is 4.53. The van der Waals surface area contributed by atoms with Gasteiger partial charge in [0.15, 0.2) is 11.6 Å². The van der Waals surface area contributed by atoms with Gasteiger partial charge in [0.05, 0.1) is 11.6 Å². The normalized spacial score (nSPS) is 12.3. The molecule has 0 fully saturated rings. The van der Waals surface area contributed by atoms with Crippen LogP contribution in [0.4, 0.5) is 13.2 Å². The molecule has 0 radical (unpaired) electrons. The lowest BCUT2D eigenvalue weighted by Gasteiger charge is -2.15. The predicted octanol–water partition coefficient (Wildman–Crippen LogP) is 4.12. The third-order valence-electron chi connectivity index (χ3n) is 3.17. The molecule has 0 heterocycles. The van der Waals surface area contributed by atoms with E-state index in [9.17, 15) is 13.2 Å². The van der Waals surface area contributed by atoms with Gasteiger partial charge in [-0.25, -0.2) is 13.2 Å². The summed E-state index contributed by atoms with van der Waals surface area (Å²) in [7, 11) is 1.35. The minimum absolute atomic E-state index is 0.0805. The number of nitrogens with two attached hydrogens (primary N) is 1. The summed E-state index contributed by atoms with van der Waals surface area (Å²) in [6, 6.07) is 5.91. The summed E-state index contributed by atoms with van der Waals surface area (Å²) in [5.41, 5.74) is 6.22. The van der Waals surface area contributed by atoms with Gasteiger partial charge in [-0.3, -0.25) is 0 Å². The minimum atomic E-state index is -0.733. The zero-order valence-corrected chi connectivity index (χ0v) is 12.8. The summed E-state index contributed by atoms with van der Waals surface area (Å²) in [6.45, 7) is 0. The predicted molar refractivity (Wildman–Crippen MR) is 77.6 cm³/mol. The van der Waals surface area contributed by atoms with Crippen LogP contribution >= 0.6 is 15.9 Å². The summed E-state index contributed by atoms with van der Waals surface area (Å²) in [4.78, 5) is 0. The van der Waals surface area contributed by atoms with Crippen LogP contribution in [0.5, 0.6) is 5.75 Å². The Labute approximate surface area is 128 Å². The topological polar surface area (TPSA) is 35.2 Å². The van der Waals surface area contributed by atoms with E-state index in [-0.39, 0.29) is 22.2 Å². The summed E-state index contributed by atoms with van der Waals surface area (Å²) >= 11 is 3.00. The molecule has 0 aliphatic rings. The molecule has 2 rings (SSSR count). The van der Waals surface area contributed by atoms with Crippen molar-refractivity contribution in [1.82, 2.24) is 0 Å². The number of halogens is 4. The van der Waals surface area contributed by atoms with Crippen molar-refractivity contribution in [3.8, 4) is 5.75 Å². The first-order valence-corrected chi connectivity index (χ1v) is 6.94. The standard InChI is InChI=1S/C15H13BrF3NO/c1-21-14-5-2-8(6-12(14)18)13(20)7-9-11(17)4-3-10(16)15(9)19/h2-6,13H,7,20H2,1H3. The Morgan fingerprint density at radius 1 is 1.14 bits per heavy atom. The SMILES string of the molecule is COc1ccc(C(N)Cc2c(F)ccc(Br)c2F)cc1F. The molecule has 1 atom stereocenters. The van der Waals surface area contributed by atoms with Crippen LogP contribution < -0.4 is 10.5 Å². The Bertz CT molecular complexity index is 664. The van der Waals surface area contributed by atoms with Gasteiger partial charge >= 0.3 is 0 Å². The number of rotatable bonds is 4. The van der Waals surface area contributed by atoms with E-state index in [1.165, 1.54) is 25.3 Å². The van der Waals surface area contributed by atoms with Crippen molar-refractivity contribution < 1.29 is 17.9 Å². The Balaban J connectivity index is 2.28. The molecule has 0 aromatic heterocycles. The Hall–Kier alpha value is -1.53. The molecule has 2 N–H and O–H groups in total. The fourth-order valence-corrected chi connectivity index (χ4v) is 2.38. The first-order chi connectivity index (χ1) is 9.93. The summed E-state index contributed by atoms with van der Waals surface area (Å²) in [5.74, 6) is -1.86.